The fraction of sp³-hybridized carbons (Fsp3) is 0.389. The minimum Gasteiger partial charge on any atom is -0.481 e. The molecular formula is C18H20ClNO3. The molecule has 0 amide bonds. The quantitative estimate of drug-likeness (QED) is 0.869. The molecule has 1 saturated heterocycles. The number of benzene rings is 1. The van der Waals surface area contributed by atoms with Gasteiger partial charge in [0.05, 0.1) is 12.5 Å². The standard InChI is InChI=1S/C18H20ClNO3/c19-14-5-3-13(4-6-14)17-9-7-15(8-10-18(21)22)20(17)12-16-2-1-11-23-16/h3-7,9,16H,1-2,8,10-12H2,(H,21,22). The summed E-state index contributed by atoms with van der Waals surface area (Å²) in [5, 5.41) is 9.66. The smallest absolute Gasteiger partial charge is 0.303 e. The van der Waals surface area contributed by atoms with Crippen molar-refractivity contribution < 1.29 is 14.6 Å². The van der Waals surface area contributed by atoms with E-state index in [2.05, 4.69) is 10.6 Å². The number of hydrogen-bond acceptors (Lipinski definition) is 2. The van der Waals surface area contributed by atoms with Crippen LogP contribution >= 0.6 is 11.6 Å². The van der Waals surface area contributed by atoms with Crippen molar-refractivity contribution in [2.75, 3.05) is 6.61 Å². The first-order chi connectivity index (χ1) is 11.1. The molecule has 1 aliphatic heterocycles. The molecule has 1 N–H and O–H groups in total. The van der Waals surface area contributed by atoms with Crippen molar-refractivity contribution >= 4 is 17.6 Å². The highest BCUT2D eigenvalue weighted by Gasteiger charge is 2.19. The molecule has 5 heteroatoms. The maximum Gasteiger partial charge on any atom is 0.303 e. The number of aliphatic carboxylic acids is 1. The van der Waals surface area contributed by atoms with Gasteiger partial charge < -0.3 is 14.4 Å². The summed E-state index contributed by atoms with van der Waals surface area (Å²) in [6.45, 7) is 1.58. The molecule has 1 aromatic heterocycles. The molecule has 1 atom stereocenters. The maximum atomic E-state index is 10.9. The largest absolute Gasteiger partial charge is 0.481 e. The summed E-state index contributed by atoms with van der Waals surface area (Å²) >= 11 is 5.97. The highest BCUT2D eigenvalue weighted by molar-refractivity contribution is 6.30. The Morgan fingerprint density at radius 3 is 2.70 bits per heavy atom. The van der Waals surface area contributed by atoms with Crippen LogP contribution in [0.2, 0.25) is 5.02 Å². The Kier molecular flexibility index (Phi) is 5.03. The van der Waals surface area contributed by atoms with E-state index in [4.69, 9.17) is 21.4 Å². The second kappa shape index (κ2) is 7.20. The lowest BCUT2D eigenvalue weighted by Crippen LogP contribution is -2.18. The van der Waals surface area contributed by atoms with E-state index in [1.807, 2.05) is 30.3 Å². The number of carboxylic acid groups (broad SMARTS) is 1. The van der Waals surface area contributed by atoms with Crippen LogP contribution in [0.1, 0.15) is 25.0 Å². The highest BCUT2D eigenvalue weighted by atomic mass is 35.5. The van der Waals surface area contributed by atoms with Gasteiger partial charge in [-0.3, -0.25) is 4.79 Å². The average Bonchev–Trinajstić information content (AvgIpc) is 3.17. The van der Waals surface area contributed by atoms with Crippen LogP contribution in [0, 0.1) is 0 Å². The van der Waals surface area contributed by atoms with E-state index in [1.54, 1.807) is 0 Å². The number of carbonyl (C=O) groups is 1. The van der Waals surface area contributed by atoms with Crippen molar-refractivity contribution in [1.82, 2.24) is 4.57 Å². The normalized spacial score (nSPS) is 17.5. The van der Waals surface area contributed by atoms with Gasteiger partial charge in [-0.2, -0.15) is 0 Å². The van der Waals surface area contributed by atoms with Crippen LogP contribution in [0.15, 0.2) is 36.4 Å². The second-order valence-corrected chi connectivity index (χ2v) is 6.29. The van der Waals surface area contributed by atoms with Gasteiger partial charge in [-0.15, -0.1) is 0 Å². The van der Waals surface area contributed by atoms with Gasteiger partial charge in [-0.1, -0.05) is 23.7 Å². The fourth-order valence-corrected chi connectivity index (χ4v) is 3.17. The number of nitrogens with zero attached hydrogens (tertiary/aromatic N) is 1. The van der Waals surface area contributed by atoms with Gasteiger partial charge in [0.2, 0.25) is 0 Å². The molecule has 122 valence electrons. The molecule has 0 bridgehead atoms. The summed E-state index contributed by atoms with van der Waals surface area (Å²) in [7, 11) is 0. The lowest BCUT2D eigenvalue weighted by Gasteiger charge is -2.17. The number of hydrogen-bond donors (Lipinski definition) is 1. The second-order valence-electron chi connectivity index (χ2n) is 5.86. The minimum atomic E-state index is -0.775. The van der Waals surface area contributed by atoms with Gasteiger partial charge >= 0.3 is 5.97 Å². The van der Waals surface area contributed by atoms with Crippen LogP contribution in [-0.4, -0.2) is 28.4 Å². The summed E-state index contributed by atoms with van der Waals surface area (Å²) < 4.78 is 7.96. The zero-order chi connectivity index (χ0) is 16.2. The Hall–Kier alpha value is -1.78. The molecule has 2 heterocycles. The van der Waals surface area contributed by atoms with E-state index < -0.39 is 5.97 Å². The number of rotatable bonds is 6. The Bertz CT molecular complexity index is 672. The van der Waals surface area contributed by atoms with Gasteiger partial charge in [0.15, 0.2) is 0 Å². The third kappa shape index (κ3) is 3.95. The molecule has 23 heavy (non-hydrogen) atoms. The number of carboxylic acids is 1. The topological polar surface area (TPSA) is 51.5 Å². The summed E-state index contributed by atoms with van der Waals surface area (Å²) in [6.07, 6.45) is 3.01. The Morgan fingerprint density at radius 1 is 1.26 bits per heavy atom. The number of aryl methyl sites for hydroxylation is 1. The SMILES string of the molecule is O=C(O)CCc1ccc(-c2ccc(Cl)cc2)n1CC1CCCO1. The fourth-order valence-electron chi connectivity index (χ4n) is 3.04. The lowest BCUT2D eigenvalue weighted by atomic mass is 10.1. The van der Waals surface area contributed by atoms with Gasteiger partial charge in [0.1, 0.15) is 0 Å². The van der Waals surface area contributed by atoms with Crippen LogP contribution in [0.3, 0.4) is 0 Å². The third-order valence-electron chi connectivity index (χ3n) is 4.22. The summed E-state index contributed by atoms with van der Waals surface area (Å²) in [6, 6.07) is 11.8. The highest BCUT2D eigenvalue weighted by Crippen LogP contribution is 2.27. The van der Waals surface area contributed by atoms with Crippen LogP contribution in [-0.2, 0) is 22.5 Å². The first-order valence-corrected chi connectivity index (χ1v) is 8.29. The average molecular weight is 334 g/mol. The monoisotopic (exact) mass is 333 g/mol. The molecule has 1 unspecified atom stereocenters. The van der Waals surface area contributed by atoms with E-state index in [1.165, 1.54) is 0 Å². The van der Waals surface area contributed by atoms with E-state index in [0.717, 1.165) is 42.9 Å². The van der Waals surface area contributed by atoms with Gasteiger partial charge in [-0.05, 0) is 49.1 Å². The van der Waals surface area contributed by atoms with E-state index >= 15 is 0 Å². The van der Waals surface area contributed by atoms with E-state index in [9.17, 15) is 4.79 Å². The molecule has 2 aromatic rings. The van der Waals surface area contributed by atoms with Crippen molar-refractivity contribution in [3.63, 3.8) is 0 Å². The Balaban J connectivity index is 1.90. The Morgan fingerprint density at radius 2 is 2.04 bits per heavy atom. The molecule has 0 radical (unpaired) electrons. The van der Waals surface area contributed by atoms with Crippen LogP contribution in [0.25, 0.3) is 11.3 Å². The molecule has 1 aromatic carbocycles. The van der Waals surface area contributed by atoms with Crippen molar-refractivity contribution in [3.8, 4) is 11.3 Å². The number of aromatic nitrogens is 1. The Labute approximate surface area is 140 Å². The number of halogens is 1. The van der Waals surface area contributed by atoms with Gasteiger partial charge in [0, 0.05) is 29.6 Å². The minimum absolute atomic E-state index is 0.135. The van der Waals surface area contributed by atoms with Gasteiger partial charge in [-0.25, -0.2) is 0 Å². The van der Waals surface area contributed by atoms with E-state index in [0.29, 0.717) is 11.4 Å². The van der Waals surface area contributed by atoms with Crippen molar-refractivity contribution in [2.45, 2.75) is 38.3 Å². The summed E-state index contributed by atoms with van der Waals surface area (Å²) in [5.74, 6) is -0.775. The first-order valence-electron chi connectivity index (χ1n) is 7.91. The van der Waals surface area contributed by atoms with Gasteiger partial charge in [0.25, 0.3) is 0 Å². The van der Waals surface area contributed by atoms with Crippen molar-refractivity contribution in [2.24, 2.45) is 0 Å². The zero-order valence-electron chi connectivity index (χ0n) is 12.9. The number of ether oxygens (including phenoxy) is 1. The third-order valence-corrected chi connectivity index (χ3v) is 4.47. The molecule has 0 spiro atoms. The molecule has 0 aliphatic carbocycles. The molecule has 3 rings (SSSR count). The summed E-state index contributed by atoms with van der Waals surface area (Å²) in [5.41, 5.74) is 3.19. The zero-order valence-corrected chi connectivity index (χ0v) is 13.6. The van der Waals surface area contributed by atoms with E-state index in [-0.39, 0.29) is 12.5 Å². The molecular weight excluding hydrogens is 314 g/mol. The molecule has 0 saturated carbocycles. The van der Waals surface area contributed by atoms with Crippen LogP contribution in [0.5, 0.6) is 0 Å². The maximum absolute atomic E-state index is 10.9. The molecule has 1 aliphatic rings. The lowest BCUT2D eigenvalue weighted by molar-refractivity contribution is -0.136. The molecule has 4 nitrogen and oxygen atoms in total. The van der Waals surface area contributed by atoms with Crippen LogP contribution in [0.4, 0.5) is 0 Å². The summed E-state index contributed by atoms with van der Waals surface area (Å²) in [4.78, 5) is 10.9. The van der Waals surface area contributed by atoms with Crippen molar-refractivity contribution in [3.05, 3.63) is 47.1 Å². The first kappa shape index (κ1) is 16.1. The predicted molar refractivity (Wildman–Crippen MR) is 89.8 cm³/mol. The predicted octanol–water partition coefficient (Wildman–Crippen LogP) is 4.00. The van der Waals surface area contributed by atoms with Crippen molar-refractivity contribution in [1.29, 1.82) is 0 Å². The molecule has 1 fully saturated rings. The van der Waals surface area contributed by atoms with Crippen LogP contribution < -0.4 is 0 Å².